The predicted octanol–water partition coefficient (Wildman–Crippen LogP) is 3.70. The van der Waals surface area contributed by atoms with Crippen LogP contribution in [0.15, 0.2) is 30.3 Å². The van der Waals surface area contributed by atoms with Crippen molar-refractivity contribution in [2.24, 2.45) is 0 Å². The van der Waals surface area contributed by atoms with Crippen molar-refractivity contribution in [3.05, 3.63) is 30.3 Å². The van der Waals surface area contributed by atoms with Crippen molar-refractivity contribution >= 4 is 24.0 Å². The smallest absolute Gasteiger partial charge is 0.242 e. The van der Waals surface area contributed by atoms with Crippen LogP contribution in [0, 0.1) is 0 Å². The monoisotopic (exact) mass is 296 g/mol. The van der Waals surface area contributed by atoms with Gasteiger partial charge in [-0.3, -0.25) is 4.79 Å². The highest BCUT2D eigenvalue weighted by Crippen LogP contribution is 2.21. The van der Waals surface area contributed by atoms with Gasteiger partial charge < -0.3 is 10.2 Å². The zero-order valence-corrected chi connectivity index (χ0v) is 13.0. The summed E-state index contributed by atoms with van der Waals surface area (Å²) in [4.78, 5) is 14.4. The maximum atomic E-state index is 12.3. The Bertz CT molecular complexity index is 395. The second kappa shape index (κ2) is 8.85. The molecule has 0 aromatic heterocycles. The fraction of sp³-hybridized carbons (Fsp3) is 0.562. The van der Waals surface area contributed by atoms with Crippen molar-refractivity contribution in [3.8, 4) is 0 Å². The molecule has 1 heterocycles. The van der Waals surface area contributed by atoms with E-state index < -0.39 is 0 Å². The van der Waals surface area contributed by atoms with Crippen molar-refractivity contribution < 1.29 is 4.79 Å². The number of likely N-dealkylation sites (tertiary alicyclic amines) is 1. The summed E-state index contributed by atoms with van der Waals surface area (Å²) in [6.07, 6.45) is 5.88. The van der Waals surface area contributed by atoms with Crippen LogP contribution < -0.4 is 5.32 Å². The minimum Gasteiger partial charge on any atom is -0.376 e. The Balaban J connectivity index is 0.00000200. The van der Waals surface area contributed by atoms with Crippen molar-refractivity contribution in [3.63, 3.8) is 0 Å². The molecule has 1 saturated heterocycles. The van der Waals surface area contributed by atoms with Gasteiger partial charge in [0.05, 0.1) is 6.54 Å². The zero-order chi connectivity index (χ0) is 13.5. The first-order valence-corrected chi connectivity index (χ1v) is 7.39. The summed E-state index contributed by atoms with van der Waals surface area (Å²) >= 11 is 0. The molecular formula is C16H25ClN2O. The van der Waals surface area contributed by atoms with Gasteiger partial charge in [0, 0.05) is 18.3 Å². The van der Waals surface area contributed by atoms with Crippen LogP contribution in [0.3, 0.4) is 0 Å². The van der Waals surface area contributed by atoms with Crippen molar-refractivity contribution in [2.45, 2.75) is 45.1 Å². The average Bonchev–Trinajstić information content (AvgIpc) is 2.47. The Labute approximate surface area is 128 Å². The number of carbonyl (C=O) groups is 1. The molecule has 1 N–H and O–H groups in total. The highest BCUT2D eigenvalue weighted by atomic mass is 35.5. The second-order valence-corrected chi connectivity index (χ2v) is 5.24. The molecule has 1 aromatic rings. The Morgan fingerprint density at radius 2 is 2.05 bits per heavy atom. The number of carbonyl (C=O) groups excluding carboxylic acids is 1. The van der Waals surface area contributed by atoms with Gasteiger partial charge in [-0.05, 0) is 37.8 Å². The Kier molecular flexibility index (Phi) is 7.45. The summed E-state index contributed by atoms with van der Waals surface area (Å²) in [7, 11) is 0. The summed E-state index contributed by atoms with van der Waals surface area (Å²) in [5, 5.41) is 3.21. The quantitative estimate of drug-likeness (QED) is 0.898. The molecule has 0 aliphatic carbocycles. The summed E-state index contributed by atoms with van der Waals surface area (Å²) in [5.41, 5.74) is 1.01. The van der Waals surface area contributed by atoms with Crippen LogP contribution in [0.25, 0.3) is 0 Å². The van der Waals surface area contributed by atoms with Gasteiger partial charge in [0.25, 0.3) is 0 Å². The summed E-state index contributed by atoms with van der Waals surface area (Å²) in [5.74, 6) is 0.238. The first kappa shape index (κ1) is 16.8. The predicted molar refractivity (Wildman–Crippen MR) is 86.4 cm³/mol. The SMILES string of the molecule is CCCC1CCCCN1C(=O)CNc1ccccc1.Cl. The molecule has 1 atom stereocenters. The molecular weight excluding hydrogens is 272 g/mol. The van der Waals surface area contributed by atoms with Crippen LogP contribution in [-0.2, 0) is 4.79 Å². The molecule has 1 amide bonds. The van der Waals surface area contributed by atoms with Gasteiger partial charge in [0.1, 0.15) is 0 Å². The van der Waals surface area contributed by atoms with E-state index in [0.717, 1.165) is 31.5 Å². The highest BCUT2D eigenvalue weighted by molar-refractivity contribution is 5.85. The molecule has 0 bridgehead atoms. The van der Waals surface area contributed by atoms with E-state index in [2.05, 4.69) is 17.1 Å². The molecule has 1 unspecified atom stereocenters. The minimum absolute atomic E-state index is 0. The lowest BCUT2D eigenvalue weighted by Gasteiger charge is -2.36. The van der Waals surface area contributed by atoms with Crippen LogP contribution in [0.5, 0.6) is 0 Å². The molecule has 1 aliphatic rings. The second-order valence-electron chi connectivity index (χ2n) is 5.24. The van der Waals surface area contributed by atoms with E-state index in [9.17, 15) is 4.79 Å². The largest absolute Gasteiger partial charge is 0.376 e. The molecule has 1 fully saturated rings. The first-order chi connectivity index (χ1) is 9.31. The van der Waals surface area contributed by atoms with Gasteiger partial charge >= 0.3 is 0 Å². The van der Waals surface area contributed by atoms with Gasteiger partial charge in [-0.15, -0.1) is 12.4 Å². The molecule has 0 spiro atoms. The van der Waals surface area contributed by atoms with Crippen LogP contribution >= 0.6 is 12.4 Å². The number of amides is 1. The third-order valence-corrected chi connectivity index (χ3v) is 3.79. The van der Waals surface area contributed by atoms with E-state index in [-0.39, 0.29) is 18.3 Å². The Hall–Kier alpha value is -1.22. The number of hydrogen-bond donors (Lipinski definition) is 1. The first-order valence-electron chi connectivity index (χ1n) is 7.39. The number of nitrogens with zero attached hydrogens (tertiary/aromatic N) is 1. The fourth-order valence-electron chi connectivity index (χ4n) is 2.80. The number of para-hydroxylation sites is 1. The normalized spacial score (nSPS) is 18.2. The topological polar surface area (TPSA) is 32.3 Å². The van der Waals surface area contributed by atoms with Crippen molar-refractivity contribution in [2.75, 3.05) is 18.4 Å². The van der Waals surface area contributed by atoms with E-state index in [4.69, 9.17) is 0 Å². The number of rotatable bonds is 5. The molecule has 0 saturated carbocycles. The molecule has 0 radical (unpaired) electrons. The number of anilines is 1. The number of nitrogens with one attached hydrogen (secondary N) is 1. The van der Waals surface area contributed by atoms with E-state index in [1.54, 1.807) is 0 Å². The molecule has 1 aliphatic heterocycles. The lowest BCUT2D eigenvalue weighted by Crippen LogP contribution is -2.46. The van der Waals surface area contributed by atoms with E-state index in [1.807, 2.05) is 30.3 Å². The number of piperidine rings is 1. The average molecular weight is 297 g/mol. The molecule has 2 rings (SSSR count). The Morgan fingerprint density at radius 1 is 1.30 bits per heavy atom. The fourth-order valence-corrected chi connectivity index (χ4v) is 2.80. The van der Waals surface area contributed by atoms with Gasteiger partial charge in [0.15, 0.2) is 0 Å². The van der Waals surface area contributed by atoms with E-state index >= 15 is 0 Å². The van der Waals surface area contributed by atoms with Crippen LogP contribution in [0.4, 0.5) is 5.69 Å². The lowest BCUT2D eigenvalue weighted by molar-refractivity contribution is -0.133. The summed E-state index contributed by atoms with van der Waals surface area (Å²) in [6, 6.07) is 10.4. The number of benzene rings is 1. The highest BCUT2D eigenvalue weighted by Gasteiger charge is 2.25. The van der Waals surface area contributed by atoms with E-state index in [0.29, 0.717) is 12.6 Å². The zero-order valence-electron chi connectivity index (χ0n) is 12.2. The Morgan fingerprint density at radius 3 is 2.75 bits per heavy atom. The van der Waals surface area contributed by atoms with Gasteiger partial charge in [-0.25, -0.2) is 0 Å². The third-order valence-electron chi connectivity index (χ3n) is 3.79. The molecule has 1 aromatic carbocycles. The maximum absolute atomic E-state index is 12.3. The van der Waals surface area contributed by atoms with Crippen molar-refractivity contribution in [1.29, 1.82) is 0 Å². The maximum Gasteiger partial charge on any atom is 0.242 e. The molecule has 112 valence electrons. The van der Waals surface area contributed by atoms with Gasteiger partial charge in [0.2, 0.25) is 5.91 Å². The van der Waals surface area contributed by atoms with Gasteiger partial charge in [-0.1, -0.05) is 31.5 Å². The van der Waals surface area contributed by atoms with E-state index in [1.165, 1.54) is 12.8 Å². The summed E-state index contributed by atoms with van der Waals surface area (Å²) in [6.45, 7) is 3.53. The summed E-state index contributed by atoms with van der Waals surface area (Å²) < 4.78 is 0. The molecule has 20 heavy (non-hydrogen) atoms. The number of hydrogen-bond acceptors (Lipinski definition) is 2. The minimum atomic E-state index is 0. The molecule has 4 heteroatoms. The lowest BCUT2D eigenvalue weighted by atomic mass is 9.98. The number of halogens is 1. The van der Waals surface area contributed by atoms with Crippen LogP contribution in [-0.4, -0.2) is 29.9 Å². The van der Waals surface area contributed by atoms with Crippen LogP contribution in [0.2, 0.25) is 0 Å². The standard InChI is InChI=1S/C16H24N2O.ClH/c1-2-8-15-11-6-7-12-18(15)16(19)13-17-14-9-4-3-5-10-14;/h3-5,9-10,15,17H,2,6-8,11-13H2,1H3;1H. The molecule has 3 nitrogen and oxygen atoms in total. The van der Waals surface area contributed by atoms with Crippen LogP contribution in [0.1, 0.15) is 39.0 Å². The van der Waals surface area contributed by atoms with Gasteiger partial charge in [-0.2, -0.15) is 0 Å². The van der Waals surface area contributed by atoms with Crippen molar-refractivity contribution in [1.82, 2.24) is 4.90 Å². The third kappa shape index (κ3) is 4.71.